The van der Waals surface area contributed by atoms with E-state index in [1.807, 2.05) is 12.1 Å². The Bertz CT molecular complexity index is 997. The maximum atomic E-state index is 13.7. The Hall–Kier alpha value is -3.62. The molecular formula is C19H15F3N4O2. The predicted octanol–water partition coefficient (Wildman–Crippen LogP) is 3.77. The molecule has 0 atom stereocenters. The van der Waals surface area contributed by atoms with Crippen LogP contribution >= 0.6 is 0 Å². The summed E-state index contributed by atoms with van der Waals surface area (Å²) < 4.78 is 45.0. The van der Waals surface area contributed by atoms with Gasteiger partial charge in [-0.2, -0.15) is 0 Å². The number of aromatic nitrogens is 2. The van der Waals surface area contributed by atoms with Crippen molar-refractivity contribution in [1.82, 2.24) is 9.97 Å². The van der Waals surface area contributed by atoms with Gasteiger partial charge in [0.1, 0.15) is 11.4 Å². The maximum Gasteiger partial charge on any atom is 0.274 e. The van der Waals surface area contributed by atoms with E-state index in [2.05, 4.69) is 20.6 Å². The molecule has 1 heterocycles. The molecule has 0 fully saturated rings. The number of hydrogen-bond acceptors (Lipinski definition) is 5. The van der Waals surface area contributed by atoms with Crippen molar-refractivity contribution in [3.05, 3.63) is 77.4 Å². The summed E-state index contributed by atoms with van der Waals surface area (Å²) in [5.74, 6) is -4.39. The number of carbonyl (C=O) groups excluding carboxylic acids is 1. The summed E-state index contributed by atoms with van der Waals surface area (Å²) in [6, 6.07) is 10.3. The minimum Gasteiger partial charge on any atom is -0.497 e. The van der Waals surface area contributed by atoms with E-state index < -0.39 is 29.0 Å². The van der Waals surface area contributed by atoms with Crippen LogP contribution in [0.5, 0.6) is 5.75 Å². The lowest BCUT2D eigenvalue weighted by Crippen LogP contribution is -2.16. The number of hydrogen-bond donors (Lipinski definition) is 2. The summed E-state index contributed by atoms with van der Waals surface area (Å²) in [5, 5.41) is 5.11. The van der Waals surface area contributed by atoms with Gasteiger partial charge >= 0.3 is 0 Å². The highest BCUT2D eigenvalue weighted by Gasteiger charge is 2.17. The average Bonchev–Trinajstić information content (AvgIpc) is 2.73. The zero-order valence-corrected chi connectivity index (χ0v) is 14.7. The molecule has 1 amide bonds. The SMILES string of the molecule is COc1ccc(CNc2nccc(C(=O)Nc3ccc(F)c(F)c3F)n2)cc1. The molecule has 1 aromatic heterocycles. The lowest BCUT2D eigenvalue weighted by molar-refractivity contribution is 0.102. The van der Waals surface area contributed by atoms with Crippen molar-refractivity contribution in [3.8, 4) is 5.75 Å². The molecule has 0 aliphatic rings. The number of rotatable bonds is 6. The fraction of sp³-hybridized carbons (Fsp3) is 0.105. The van der Waals surface area contributed by atoms with Gasteiger partial charge in [-0.25, -0.2) is 23.1 Å². The molecule has 0 aliphatic carbocycles. The summed E-state index contributed by atoms with van der Waals surface area (Å²) in [6.45, 7) is 0.396. The van der Waals surface area contributed by atoms with E-state index in [0.717, 1.165) is 23.4 Å². The normalized spacial score (nSPS) is 10.4. The van der Waals surface area contributed by atoms with Crippen LogP contribution in [0, 0.1) is 17.5 Å². The molecule has 2 aromatic carbocycles. The number of nitrogens with zero attached hydrogens (tertiary/aromatic N) is 2. The zero-order chi connectivity index (χ0) is 20.1. The molecule has 0 unspecified atom stereocenters. The zero-order valence-electron chi connectivity index (χ0n) is 14.7. The number of nitrogens with one attached hydrogen (secondary N) is 2. The first kappa shape index (κ1) is 19.2. The fourth-order valence-corrected chi connectivity index (χ4v) is 2.30. The predicted molar refractivity (Wildman–Crippen MR) is 96.6 cm³/mol. The van der Waals surface area contributed by atoms with Crippen LogP contribution in [-0.4, -0.2) is 23.0 Å². The van der Waals surface area contributed by atoms with Crippen molar-refractivity contribution >= 4 is 17.5 Å². The molecule has 0 radical (unpaired) electrons. The lowest BCUT2D eigenvalue weighted by atomic mass is 10.2. The first-order valence-corrected chi connectivity index (χ1v) is 8.12. The highest BCUT2D eigenvalue weighted by atomic mass is 19.2. The van der Waals surface area contributed by atoms with Crippen molar-refractivity contribution in [1.29, 1.82) is 0 Å². The molecule has 0 saturated carbocycles. The molecular weight excluding hydrogens is 373 g/mol. The van der Waals surface area contributed by atoms with E-state index in [4.69, 9.17) is 4.74 Å². The first-order chi connectivity index (χ1) is 13.5. The fourth-order valence-electron chi connectivity index (χ4n) is 2.30. The number of halogens is 3. The van der Waals surface area contributed by atoms with Crippen molar-refractivity contribution in [2.45, 2.75) is 6.54 Å². The number of carbonyl (C=O) groups is 1. The number of amides is 1. The lowest BCUT2D eigenvalue weighted by Gasteiger charge is -2.09. The van der Waals surface area contributed by atoms with Gasteiger partial charge in [0.15, 0.2) is 17.5 Å². The Morgan fingerprint density at radius 2 is 1.79 bits per heavy atom. The summed E-state index contributed by atoms with van der Waals surface area (Å²) in [7, 11) is 1.57. The molecule has 144 valence electrons. The molecule has 0 bridgehead atoms. The molecule has 0 spiro atoms. The summed E-state index contributed by atoms with van der Waals surface area (Å²) in [6.07, 6.45) is 1.35. The molecule has 2 N–H and O–H groups in total. The van der Waals surface area contributed by atoms with Crippen molar-refractivity contribution in [3.63, 3.8) is 0 Å². The summed E-state index contributed by atoms with van der Waals surface area (Å²) in [5.41, 5.74) is 0.370. The monoisotopic (exact) mass is 388 g/mol. The van der Waals surface area contributed by atoms with Crippen molar-refractivity contribution in [2.75, 3.05) is 17.7 Å². The van der Waals surface area contributed by atoms with Gasteiger partial charge in [0, 0.05) is 12.7 Å². The average molecular weight is 388 g/mol. The van der Waals surface area contributed by atoms with Crippen molar-refractivity contribution < 1.29 is 22.7 Å². The minimum absolute atomic E-state index is 0.0728. The molecule has 28 heavy (non-hydrogen) atoms. The van der Waals surface area contributed by atoms with Crippen LogP contribution in [-0.2, 0) is 6.54 Å². The van der Waals surface area contributed by atoms with Crippen LogP contribution in [0.15, 0.2) is 48.7 Å². The standard InChI is InChI=1S/C19H15F3N4O2/c1-28-12-4-2-11(3-5-12)10-24-19-23-9-8-15(26-19)18(27)25-14-7-6-13(20)16(21)17(14)22/h2-9H,10H2,1H3,(H,25,27)(H,23,24,26). The molecule has 3 rings (SSSR count). The smallest absolute Gasteiger partial charge is 0.274 e. The van der Waals surface area contributed by atoms with E-state index >= 15 is 0 Å². The Morgan fingerprint density at radius 3 is 2.50 bits per heavy atom. The Morgan fingerprint density at radius 1 is 1.04 bits per heavy atom. The highest BCUT2D eigenvalue weighted by Crippen LogP contribution is 2.20. The molecule has 6 nitrogen and oxygen atoms in total. The Balaban J connectivity index is 1.68. The maximum absolute atomic E-state index is 13.7. The van der Waals surface area contributed by atoms with Gasteiger partial charge in [0.05, 0.1) is 12.8 Å². The van der Waals surface area contributed by atoms with Gasteiger partial charge in [-0.3, -0.25) is 4.79 Å². The third-order valence-corrected chi connectivity index (χ3v) is 3.78. The molecule has 9 heteroatoms. The van der Waals surface area contributed by atoms with Gasteiger partial charge in [0.25, 0.3) is 5.91 Å². The van der Waals surface area contributed by atoms with Crippen LogP contribution in [0.2, 0.25) is 0 Å². The van der Waals surface area contributed by atoms with Crippen LogP contribution in [0.1, 0.15) is 16.1 Å². The van der Waals surface area contributed by atoms with Crippen LogP contribution in [0.25, 0.3) is 0 Å². The number of benzene rings is 2. The number of ether oxygens (including phenoxy) is 1. The van der Waals surface area contributed by atoms with Gasteiger partial charge in [-0.1, -0.05) is 12.1 Å². The quantitative estimate of drug-likeness (QED) is 0.629. The van der Waals surface area contributed by atoms with Gasteiger partial charge < -0.3 is 15.4 Å². The van der Waals surface area contributed by atoms with E-state index in [1.165, 1.54) is 12.3 Å². The summed E-state index contributed by atoms with van der Waals surface area (Å²) >= 11 is 0. The Kier molecular flexibility index (Phi) is 5.73. The van der Waals surface area contributed by atoms with E-state index in [9.17, 15) is 18.0 Å². The Labute approximate surface area is 158 Å². The van der Waals surface area contributed by atoms with Crippen LogP contribution in [0.4, 0.5) is 24.8 Å². The van der Waals surface area contributed by atoms with Gasteiger partial charge in [0.2, 0.25) is 5.95 Å². The number of anilines is 2. The molecule has 3 aromatic rings. The van der Waals surface area contributed by atoms with Gasteiger partial charge in [-0.15, -0.1) is 0 Å². The van der Waals surface area contributed by atoms with Crippen molar-refractivity contribution in [2.24, 2.45) is 0 Å². The van der Waals surface area contributed by atoms with E-state index in [-0.39, 0.29) is 11.6 Å². The summed E-state index contributed by atoms with van der Waals surface area (Å²) in [4.78, 5) is 20.3. The largest absolute Gasteiger partial charge is 0.497 e. The minimum atomic E-state index is -1.66. The third kappa shape index (κ3) is 4.37. The van der Waals surface area contributed by atoms with E-state index in [0.29, 0.717) is 6.54 Å². The molecule has 0 aliphatic heterocycles. The highest BCUT2D eigenvalue weighted by molar-refractivity contribution is 6.03. The molecule has 0 saturated heterocycles. The van der Waals surface area contributed by atoms with E-state index in [1.54, 1.807) is 19.2 Å². The second-order valence-electron chi connectivity index (χ2n) is 5.64. The topological polar surface area (TPSA) is 76.1 Å². The first-order valence-electron chi connectivity index (χ1n) is 8.12. The van der Waals surface area contributed by atoms with Gasteiger partial charge in [-0.05, 0) is 35.9 Å². The van der Waals surface area contributed by atoms with Crippen LogP contribution in [0.3, 0.4) is 0 Å². The third-order valence-electron chi connectivity index (χ3n) is 3.78. The van der Waals surface area contributed by atoms with Crippen LogP contribution < -0.4 is 15.4 Å². The second kappa shape index (κ2) is 8.38. The second-order valence-corrected chi connectivity index (χ2v) is 5.64. The number of methoxy groups -OCH3 is 1.